The second-order valence-corrected chi connectivity index (χ2v) is 6.27. The molecule has 1 aliphatic rings. The molecule has 1 unspecified atom stereocenters. The van der Waals surface area contributed by atoms with Crippen molar-refractivity contribution in [1.82, 2.24) is 5.32 Å². The quantitative estimate of drug-likeness (QED) is 0.851. The Morgan fingerprint density at radius 3 is 2.58 bits per heavy atom. The molecule has 19 heavy (non-hydrogen) atoms. The van der Waals surface area contributed by atoms with Gasteiger partial charge in [-0.3, -0.25) is 0 Å². The molecule has 0 bridgehead atoms. The van der Waals surface area contributed by atoms with Gasteiger partial charge in [0.1, 0.15) is 0 Å². The zero-order chi connectivity index (χ0) is 13.3. The van der Waals surface area contributed by atoms with Crippen molar-refractivity contribution in [3.8, 4) is 0 Å². The molecular formula is C18H23N. The first kappa shape index (κ1) is 12.7. The van der Waals surface area contributed by atoms with Gasteiger partial charge in [0, 0.05) is 5.54 Å². The predicted molar refractivity (Wildman–Crippen MR) is 82.3 cm³/mol. The lowest BCUT2D eigenvalue weighted by Gasteiger charge is -2.32. The minimum Gasteiger partial charge on any atom is -0.307 e. The molecule has 1 heteroatoms. The average molecular weight is 253 g/mol. The van der Waals surface area contributed by atoms with E-state index in [9.17, 15) is 0 Å². The Morgan fingerprint density at radius 1 is 1.11 bits per heavy atom. The number of benzene rings is 2. The van der Waals surface area contributed by atoms with Gasteiger partial charge < -0.3 is 5.32 Å². The summed E-state index contributed by atoms with van der Waals surface area (Å²) >= 11 is 0. The van der Waals surface area contributed by atoms with Gasteiger partial charge in [0.05, 0.1) is 0 Å². The van der Waals surface area contributed by atoms with E-state index in [1.807, 2.05) is 0 Å². The summed E-state index contributed by atoms with van der Waals surface area (Å²) in [5.74, 6) is 0.720. The molecule has 1 fully saturated rings. The van der Waals surface area contributed by atoms with Gasteiger partial charge in [-0.25, -0.2) is 0 Å². The van der Waals surface area contributed by atoms with Crippen molar-refractivity contribution < 1.29 is 0 Å². The lowest BCUT2D eigenvalue weighted by molar-refractivity contribution is 0.311. The van der Waals surface area contributed by atoms with Crippen LogP contribution in [0.25, 0.3) is 10.8 Å². The predicted octanol–water partition coefficient (Wildman–Crippen LogP) is 4.46. The van der Waals surface area contributed by atoms with E-state index in [2.05, 4.69) is 61.6 Å². The molecule has 3 rings (SSSR count). The molecule has 0 saturated carbocycles. The molecular weight excluding hydrogens is 230 g/mol. The monoisotopic (exact) mass is 253 g/mol. The third-order valence-electron chi connectivity index (χ3n) is 4.30. The maximum absolute atomic E-state index is 3.78. The van der Waals surface area contributed by atoms with Gasteiger partial charge in [0.15, 0.2) is 0 Å². The van der Waals surface area contributed by atoms with Crippen LogP contribution in [0.5, 0.6) is 0 Å². The van der Waals surface area contributed by atoms with E-state index in [1.54, 1.807) is 0 Å². The maximum Gasteiger partial charge on any atom is 0.0437 e. The average Bonchev–Trinajstić information content (AvgIpc) is 2.87. The van der Waals surface area contributed by atoms with E-state index in [0.29, 0.717) is 0 Å². The summed E-state index contributed by atoms with van der Waals surface area (Å²) in [6.07, 6.45) is 3.79. The first-order valence-electron chi connectivity index (χ1n) is 7.44. The van der Waals surface area contributed by atoms with Crippen LogP contribution in [0, 0.1) is 5.92 Å². The van der Waals surface area contributed by atoms with Crippen LogP contribution in [0.3, 0.4) is 0 Å². The van der Waals surface area contributed by atoms with E-state index < -0.39 is 0 Å². The Hall–Kier alpha value is -1.34. The molecule has 1 saturated heterocycles. The summed E-state index contributed by atoms with van der Waals surface area (Å²) in [5, 5.41) is 6.48. The van der Waals surface area contributed by atoms with E-state index in [4.69, 9.17) is 0 Å². The van der Waals surface area contributed by atoms with Crippen molar-refractivity contribution in [3.63, 3.8) is 0 Å². The second-order valence-electron chi connectivity index (χ2n) is 6.27. The molecule has 1 aliphatic heterocycles. The summed E-state index contributed by atoms with van der Waals surface area (Å²) in [6, 6.07) is 15.6. The van der Waals surface area contributed by atoms with E-state index in [0.717, 1.165) is 12.5 Å². The van der Waals surface area contributed by atoms with Gasteiger partial charge in [0.25, 0.3) is 0 Å². The Kier molecular flexibility index (Phi) is 3.32. The summed E-state index contributed by atoms with van der Waals surface area (Å²) in [6.45, 7) is 5.80. The summed E-state index contributed by atoms with van der Waals surface area (Å²) in [5.41, 5.74) is 1.68. The number of hydrogen-bond acceptors (Lipinski definition) is 1. The highest BCUT2D eigenvalue weighted by Crippen LogP contribution is 2.37. The van der Waals surface area contributed by atoms with Gasteiger partial charge in [-0.05, 0) is 54.1 Å². The van der Waals surface area contributed by atoms with Gasteiger partial charge in [-0.2, -0.15) is 0 Å². The van der Waals surface area contributed by atoms with Crippen LogP contribution >= 0.6 is 0 Å². The van der Waals surface area contributed by atoms with Crippen molar-refractivity contribution in [2.45, 2.75) is 38.6 Å². The Balaban J connectivity index is 2.05. The molecule has 1 atom stereocenters. The van der Waals surface area contributed by atoms with Gasteiger partial charge >= 0.3 is 0 Å². The molecule has 0 radical (unpaired) electrons. The number of fused-ring (bicyclic) bond motifs is 1. The van der Waals surface area contributed by atoms with E-state index in [1.165, 1.54) is 35.6 Å². The summed E-state index contributed by atoms with van der Waals surface area (Å²) < 4.78 is 0. The van der Waals surface area contributed by atoms with E-state index >= 15 is 0 Å². The highest BCUT2D eigenvalue weighted by molar-refractivity contribution is 5.83. The second kappa shape index (κ2) is 4.97. The minimum atomic E-state index is 0.207. The van der Waals surface area contributed by atoms with Crippen molar-refractivity contribution in [2.24, 2.45) is 5.92 Å². The lowest BCUT2D eigenvalue weighted by atomic mass is 9.80. The molecule has 0 spiro atoms. The third-order valence-corrected chi connectivity index (χ3v) is 4.30. The summed E-state index contributed by atoms with van der Waals surface area (Å²) in [4.78, 5) is 0. The van der Waals surface area contributed by atoms with Crippen molar-refractivity contribution in [1.29, 1.82) is 0 Å². The fourth-order valence-corrected chi connectivity index (χ4v) is 3.53. The maximum atomic E-state index is 3.78. The largest absolute Gasteiger partial charge is 0.307 e. The zero-order valence-corrected chi connectivity index (χ0v) is 11.9. The molecule has 0 amide bonds. The van der Waals surface area contributed by atoms with Crippen LogP contribution in [0.15, 0.2) is 42.5 Å². The summed E-state index contributed by atoms with van der Waals surface area (Å²) in [7, 11) is 0. The molecule has 1 N–H and O–H groups in total. The number of hydrogen-bond donors (Lipinski definition) is 1. The molecule has 100 valence electrons. The topological polar surface area (TPSA) is 12.0 Å². The van der Waals surface area contributed by atoms with Crippen LogP contribution in [0.1, 0.15) is 38.7 Å². The van der Waals surface area contributed by atoms with Crippen LogP contribution in [0.2, 0.25) is 0 Å². The van der Waals surface area contributed by atoms with Gasteiger partial charge in [0.2, 0.25) is 0 Å². The van der Waals surface area contributed by atoms with Crippen LogP contribution < -0.4 is 5.32 Å². The van der Waals surface area contributed by atoms with E-state index in [-0.39, 0.29) is 5.54 Å². The Bertz CT molecular complexity index is 565. The standard InChI is InChI=1S/C18H23N/c1-14(2)13-18(10-5-11-19-18)17-9-8-15-6-3-4-7-16(15)12-17/h3-4,6-9,12,14,19H,5,10-11,13H2,1-2H3. The van der Waals surface area contributed by atoms with Crippen molar-refractivity contribution in [3.05, 3.63) is 48.0 Å². The number of rotatable bonds is 3. The number of nitrogens with one attached hydrogen (secondary N) is 1. The normalized spacial score (nSPS) is 23.3. The molecule has 2 aromatic carbocycles. The fraction of sp³-hybridized carbons (Fsp3) is 0.444. The lowest BCUT2D eigenvalue weighted by Crippen LogP contribution is -2.38. The first-order chi connectivity index (χ1) is 9.20. The zero-order valence-electron chi connectivity index (χ0n) is 11.9. The third kappa shape index (κ3) is 2.40. The Labute approximate surface area is 116 Å². The molecule has 2 aromatic rings. The molecule has 1 heterocycles. The fourth-order valence-electron chi connectivity index (χ4n) is 3.53. The highest BCUT2D eigenvalue weighted by Gasteiger charge is 2.35. The molecule has 0 aliphatic carbocycles. The van der Waals surface area contributed by atoms with Crippen LogP contribution in [-0.4, -0.2) is 6.54 Å². The minimum absolute atomic E-state index is 0.207. The van der Waals surface area contributed by atoms with Crippen LogP contribution in [0.4, 0.5) is 0 Å². The van der Waals surface area contributed by atoms with Gasteiger partial charge in [-0.1, -0.05) is 50.2 Å². The smallest absolute Gasteiger partial charge is 0.0437 e. The molecule has 1 nitrogen and oxygen atoms in total. The van der Waals surface area contributed by atoms with Crippen LogP contribution in [-0.2, 0) is 5.54 Å². The molecule has 0 aromatic heterocycles. The SMILES string of the molecule is CC(C)CC1(c2ccc3ccccc3c2)CCCN1. The Morgan fingerprint density at radius 2 is 1.89 bits per heavy atom. The van der Waals surface area contributed by atoms with Crippen molar-refractivity contribution in [2.75, 3.05) is 6.54 Å². The first-order valence-corrected chi connectivity index (χ1v) is 7.44. The van der Waals surface area contributed by atoms with Crippen molar-refractivity contribution >= 4 is 10.8 Å². The van der Waals surface area contributed by atoms with Gasteiger partial charge in [-0.15, -0.1) is 0 Å². The highest BCUT2D eigenvalue weighted by atomic mass is 15.0.